The van der Waals surface area contributed by atoms with Gasteiger partial charge in [-0.1, -0.05) is 11.6 Å². The molecule has 0 radical (unpaired) electrons. The van der Waals surface area contributed by atoms with Crippen molar-refractivity contribution in [2.24, 2.45) is 0 Å². The lowest BCUT2D eigenvalue weighted by molar-refractivity contribution is 0.103. The first-order valence-corrected chi connectivity index (χ1v) is 9.04. The van der Waals surface area contributed by atoms with E-state index < -0.39 is 0 Å². The Morgan fingerprint density at radius 2 is 2.04 bits per heavy atom. The molecule has 27 heavy (non-hydrogen) atoms. The summed E-state index contributed by atoms with van der Waals surface area (Å²) < 4.78 is 0. The van der Waals surface area contributed by atoms with Gasteiger partial charge >= 0.3 is 0 Å². The van der Waals surface area contributed by atoms with Gasteiger partial charge in [-0.3, -0.25) is 9.78 Å². The first-order valence-electron chi connectivity index (χ1n) is 7.84. The van der Waals surface area contributed by atoms with Crippen LogP contribution in [0.25, 0.3) is 22.0 Å². The van der Waals surface area contributed by atoms with Crippen LogP contribution in [0, 0.1) is 6.92 Å². The van der Waals surface area contributed by atoms with Crippen LogP contribution in [0.1, 0.15) is 15.4 Å². The number of anilines is 1. The molecule has 3 aromatic heterocycles. The van der Waals surface area contributed by atoms with Gasteiger partial charge in [-0.15, -0.1) is 21.5 Å². The number of thiazole rings is 1. The minimum Gasteiger partial charge on any atom is -0.320 e. The average Bonchev–Trinajstić information content (AvgIpc) is 3.32. The quantitative estimate of drug-likeness (QED) is 0.544. The zero-order valence-electron chi connectivity index (χ0n) is 14.0. The third-order valence-corrected chi connectivity index (χ3v) is 5.19. The molecule has 0 saturated heterocycles. The van der Waals surface area contributed by atoms with Crippen molar-refractivity contribution in [2.75, 3.05) is 5.32 Å². The molecule has 0 bridgehead atoms. The summed E-state index contributed by atoms with van der Waals surface area (Å²) in [6.07, 6.45) is 3.38. The van der Waals surface area contributed by atoms with E-state index in [9.17, 15) is 4.79 Å². The van der Waals surface area contributed by atoms with E-state index in [-0.39, 0.29) is 5.91 Å². The summed E-state index contributed by atoms with van der Waals surface area (Å²) in [5.74, 6) is 0.0813. The highest BCUT2D eigenvalue weighted by atomic mass is 35.5. The molecule has 134 valence electrons. The molecule has 2 N–H and O–H groups in total. The van der Waals surface area contributed by atoms with Crippen LogP contribution in [0.2, 0.25) is 5.02 Å². The molecule has 0 unspecified atom stereocenters. The van der Waals surface area contributed by atoms with Crippen molar-refractivity contribution >= 4 is 34.5 Å². The molecule has 0 atom stereocenters. The molecule has 0 fully saturated rings. The molecule has 0 aliphatic rings. The van der Waals surface area contributed by atoms with Gasteiger partial charge in [0.1, 0.15) is 9.88 Å². The summed E-state index contributed by atoms with van der Waals surface area (Å²) in [6.45, 7) is 1.80. The zero-order chi connectivity index (χ0) is 18.8. The number of rotatable bonds is 4. The van der Waals surface area contributed by atoms with Crippen LogP contribution >= 0.6 is 22.9 Å². The Hall–Kier alpha value is -3.17. The lowest BCUT2D eigenvalue weighted by Gasteiger charge is -2.08. The maximum Gasteiger partial charge on any atom is 0.267 e. The highest BCUT2D eigenvalue weighted by Crippen LogP contribution is 2.31. The molecule has 8 nitrogen and oxygen atoms in total. The van der Waals surface area contributed by atoms with Crippen LogP contribution in [0.5, 0.6) is 0 Å². The fraction of sp³-hybridized carbons (Fsp3) is 0.0588. The molecular formula is C17H12ClN7OS. The number of aromatic nitrogens is 6. The van der Waals surface area contributed by atoms with Crippen LogP contribution in [0.15, 0.2) is 42.7 Å². The minimum absolute atomic E-state index is 0.280. The van der Waals surface area contributed by atoms with Crippen LogP contribution in [-0.2, 0) is 0 Å². The largest absolute Gasteiger partial charge is 0.320 e. The Labute approximate surface area is 162 Å². The van der Waals surface area contributed by atoms with Crippen LogP contribution < -0.4 is 5.32 Å². The van der Waals surface area contributed by atoms with Crippen molar-refractivity contribution in [1.29, 1.82) is 0 Å². The van der Waals surface area contributed by atoms with Gasteiger partial charge in [0.25, 0.3) is 5.91 Å². The number of benzene rings is 1. The number of nitrogens with zero attached hydrogens (tertiary/aromatic N) is 5. The Balaban J connectivity index is 1.66. The smallest absolute Gasteiger partial charge is 0.267 e. The fourth-order valence-corrected chi connectivity index (χ4v) is 3.63. The monoisotopic (exact) mass is 397 g/mol. The summed E-state index contributed by atoms with van der Waals surface area (Å²) >= 11 is 7.41. The average molecular weight is 398 g/mol. The third kappa shape index (κ3) is 3.55. The van der Waals surface area contributed by atoms with Crippen molar-refractivity contribution in [3.05, 3.63) is 58.3 Å². The molecule has 0 aliphatic heterocycles. The van der Waals surface area contributed by atoms with Gasteiger partial charge in [0.2, 0.25) is 5.82 Å². The van der Waals surface area contributed by atoms with Gasteiger partial charge in [0, 0.05) is 28.5 Å². The summed E-state index contributed by atoms with van der Waals surface area (Å²) in [7, 11) is 0. The number of tetrazole rings is 1. The molecule has 4 aromatic rings. The summed E-state index contributed by atoms with van der Waals surface area (Å²) in [5, 5.41) is 18.0. The molecule has 4 rings (SSSR count). The van der Waals surface area contributed by atoms with Gasteiger partial charge in [-0.2, -0.15) is 5.21 Å². The van der Waals surface area contributed by atoms with E-state index in [0.717, 1.165) is 10.6 Å². The van der Waals surface area contributed by atoms with E-state index in [1.807, 2.05) is 12.1 Å². The minimum atomic E-state index is -0.280. The van der Waals surface area contributed by atoms with E-state index in [1.165, 1.54) is 11.3 Å². The molecule has 3 heterocycles. The normalized spacial score (nSPS) is 10.7. The van der Waals surface area contributed by atoms with Crippen molar-refractivity contribution in [3.8, 4) is 22.0 Å². The lowest BCUT2D eigenvalue weighted by Crippen LogP contribution is -2.12. The first kappa shape index (κ1) is 17.3. The number of hydrogen-bond acceptors (Lipinski definition) is 7. The van der Waals surface area contributed by atoms with Crippen molar-refractivity contribution in [1.82, 2.24) is 30.6 Å². The summed E-state index contributed by atoms with van der Waals surface area (Å²) in [6, 6.07) is 8.77. The predicted octanol–water partition coefficient (Wildman–Crippen LogP) is 3.60. The number of aryl methyl sites for hydroxylation is 1. The molecule has 1 amide bonds. The number of nitrogens with one attached hydrogen (secondary N) is 2. The van der Waals surface area contributed by atoms with Gasteiger partial charge in [-0.05, 0) is 42.5 Å². The van der Waals surface area contributed by atoms with Gasteiger partial charge < -0.3 is 5.32 Å². The highest BCUT2D eigenvalue weighted by Gasteiger charge is 2.19. The second-order valence-electron chi connectivity index (χ2n) is 5.55. The number of carbonyl (C=O) groups excluding carboxylic acids is 1. The number of amides is 1. The van der Waals surface area contributed by atoms with Crippen molar-refractivity contribution in [2.45, 2.75) is 6.92 Å². The van der Waals surface area contributed by atoms with Crippen LogP contribution in [0.3, 0.4) is 0 Å². The first-order chi connectivity index (χ1) is 13.1. The number of H-pyrrole nitrogens is 1. The number of hydrogen-bond donors (Lipinski definition) is 2. The Bertz CT molecular complexity index is 1100. The Kier molecular flexibility index (Phi) is 4.61. The number of carbonyl (C=O) groups is 1. The topological polar surface area (TPSA) is 109 Å². The van der Waals surface area contributed by atoms with Crippen LogP contribution in [-0.4, -0.2) is 36.5 Å². The molecule has 0 saturated carbocycles. The molecule has 1 aromatic carbocycles. The summed E-state index contributed by atoms with van der Waals surface area (Å²) in [5.41, 5.74) is 2.66. The van der Waals surface area contributed by atoms with E-state index in [2.05, 4.69) is 35.9 Å². The Morgan fingerprint density at radius 3 is 2.78 bits per heavy atom. The van der Waals surface area contributed by atoms with Crippen molar-refractivity contribution in [3.63, 3.8) is 0 Å². The second-order valence-corrected chi connectivity index (χ2v) is 6.98. The van der Waals surface area contributed by atoms with Gasteiger partial charge in [-0.25, -0.2) is 4.98 Å². The predicted molar refractivity (Wildman–Crippen MR) is 103 cm³/mol. The van der Waals surface area contributed by atoms with Crippen LogP contribution in [0.4, 0.5) is 5.69 Å². The standard InChI is InChI=1S/C17H12ClN7OS/c1-9-14(27-17(20-9)10-4-6-19-7-5-10)16(26)21-13-8-11(18)2-3-12(13)15-22-24-25-23-15/h2-8H,1H3,(H,21,26)(H,22,23,24,25). The SMILES string of the molecule is Cc1nc(-c2ccncc2)sc1C(=O)Nc1cc(Cl)ccc1-c1nn[nH]n1. The van der Waals surface area contributed by atoms with E-state index in [0.29, 0.717) is 32.7 Å². The third-order valence-electron chi connectivity index (χ3n) is 3.75. The maximum absolute atomic E-state index is 12.9. The zero-order valence-corrected chi connectivity index (χ0v) is 15.5. The van der Waals surface area contributed by atoms with E-state index >= 15 is 0 Å². The fourth-order valence-electron chi connectivity index (χ4n) is 2.49. The highest BCUT2D eigenvalue weighted by molar-refractivity contribution is 7.17. The van der Waals surface area contributed by atoms with Crippen molar-refractivity contribution < 1.29 is 4.79 Å². The van der Waals surface area contributed by atoms with Gasteiger partial charge in [0.05, 0.1) is 11.4 Å². The number of pyridine rings is 1. The molecule has 0 aliphatic carbocycles. The van der Waals surface area contributed by atoms with Gasteiger partial charge in [0.15, 0.2) is 0 Å². The number of aromatic amines is 1. The lowest BCUT2D eigenvalue weighted by atomic mass is 10.1. The summed E-state index contributed by atoms with van der Waals surface area (Å²) in [4.78, 5) is 21.9. The second kappa shape index (κ2) is 7.22. The molecular weight excluding hydrogens is 386 g/mol. The Morgan fingerprint density at radius 1 is 1.22 bits per heavy atom. The maximum atomic E-state index is 12.9. The van der Waals surface area contributed by atoms with E-state index in [4.69, 9.17) is 11.6 Å². The van der Waals surface area contributed by atoms with E-state index in [1.54, 1.807) is 37.5 Å². The molecule has 0 spiro atoms. The number of halogens is 1. The molecule has 10 heteroatoms.